The number of aryl methyl sites for hydroxylation is 1. The molecule has 1 aromatic heterocycles. The van der Waals surface area contributed by atoms with Crippen molar-refractivity contribution in [2.24, 2.45) is 4.99 Å². The van der Waals surface area contributed by atoms with Crippen LogP contribution in [0.3, 0.4) is 0 Å². The van der Waals surface area contributed by atoms with E-state index in [9.17, 15) is 15.5 Å². The molecule has 0 fully saturated rings. The maximum absolute atomic E-state index is 10.1. The number of nitrogens with zero attached hydrogens (tertiary/aromatic N) is 2. The van der Waals surface area contributed by atoms with Crippen molar-refractivity contribution in [1.29, 1.82) is 5.26 Å². The van der Waals surface area contributed by atoms with Crippen molar-refractivity contribution in [2.75, 3.05) is 0 Å². The standard InChI is InChI=1S/C16H12Br2N2O2S/c17-11-5-8(14(21)13(18)15(11)22)7-20-16-10(6-19)9-3-1-2-4-12(9)23-16/h5,7,21-22H,1-4H2/b20-7+. The third-order valence-corrected chi connectivity index (χ3v) is 6.34. The molecule has 1 aliphatic carbocycles. The van der Waals surface area contributed by atoms with Crippen LogP contribution in [0.1, 0.15) is 34.4 Å². The maximum Gasteiger partial charge on any atom is 0.147 e. The van der Waals surface area contributed by atoms with E-state index in [0.29, 0.717) is 20.6 Å². The first-order valence-electron chi connectivity index (χ1n) is 7.01. The molecule has 0 bridgehead atoms. The minimum atomic E-state index is -0.0886. The fourth-order valence-corrected chi connectivity index (χ4v) is 4.94. The molecule has 7 heteroatoms. The summed E-state index contributed by atoms with van der Waals surface area (Å²) in [5.41, 5.74) is 2.24. The van der Waals surface area contributed by atoms with Gasteiger partial charge in [-0.25, -0.2) is 4.99 Å². The molecule has 0 aliphatic heterocycles. The van der Waals surface area contributed by atoms with Gasteiger partial charge < -0.3 is 10.2 Å². The lowest BCUT2D eigenvalue weighted by atomic mass is 9.96. The van der Waals surface area contributed by atoms with Gasteiger partial charge in [0.2, 0.25) is 0 Å². The fourth-order valence-electron chi connectivity index (χ4n) is 2.60. The Hall–Kier alpha value is -1.36. The van der Waals surface area contributed by atoms with Gasteiger partial charge in [0.1, 0.15) is 27.0 Å². The molecule has 0 saturated heterocycles. The normalized spacial score (nSPS) is 14.0. The van der Waals surface area contributed by atoms with Crippen LogP contribution in [0, 0.1) is 11.3 Å². The predicted octanol–water partition coefficient (Wildman–Crippen LogP) is 5.19. The highest BCUT2D eigenvalue weighted by Gasteiger charge is 2.20. The van der Waals surface area contributed by atoms with Crippen molar-refractivity contribution in [1.82, 2.24) is 0 Å². The molecule has 23 heavy (non-hydrogen) atoms. The van der Waals surface area contributed by atoms with E-state index < -0.39 is 0 Å². The second-order valence-electron chi connectivity index (χ2n) is 5.22. The van der Waals surface area contributed by atoms with Gasteiger partial charge >= 0.3 is 0 Å². The number of phenolic OH excluding ortho intramolecular Hbond substituents is 2. The van der Waals surface area contributed by atoms with Crippen molar-refractivity contribution >= 4 is 54.4 Å². The van der Waals surface area contributed by atoms with E-state index in [1.54, 1.807) is 17.4 Å². The Bertz CT molecular complexity index is 853. The maximum atomic E-state index is 10.1. The van der Waals surface area contributed by atoms with E-state index in [-0.39, 0.29) is 16.0 Å². The number of hydrogen-bond donors (Lipinski definition) is 2. The Kier molecular flexibility index (Phi) is 4.76. The molecule has 0 saturated carbocycles. The molecular weight excluding hydrogens is 444 g/mol. The van der Waals surface area contributed by atoms with E-state index in [1.165, 1.54) is 11.1 Å². The van der Waals surface area contributed by atoms with Gasteiger partial charge in [0.05, 0.1) is 10.0 Å². The number of aromatic hydroxyl groups is 2. The van der Waals surface area contributed by atoms with Crippen LogP contribution in [0.2, 0.25) is 0 Å². The van der Waals surface area contributed by atoms with E-state index in [1.807, 2.05) is 0 Å². The molecule has 0 spiro atoms. The molecule has 2 N–H and O–H groups in total. The van der Waals surface area contributed by atoms with Crippen LogP contribution in [0.5, 0.6) is 11.5 Å². The lowest BCUT2D eigenvalue weighted by Gasteiger charge is -2.09. The molecular formula is C16H12Br2N2O2S. The molecule has 0 unspecified atom stereocenters. The zero-order valence-electron chi connectivity index (χ0n) is 11.9. The Morgan fingerprint density at radius 1 is 1.22 bits per heavy atom. The van der Waals surface area contributed by atoms with Crippen LogP contribution in [-0.4, -0.2) is 16.4 Å². The van der Waals surface area contributed by atoms with Crippen molar-refractivity contribution in [3.63, 3.8) is 0 Å². The molecule has 1 aromatic carbocycles. The average molecular weight is 456 g/mol. The summed E-state index contributed by atoms with van der Waals surface area (Å²) in [5, 5.41) is 29.9. The van der Waals surface area contributed by atoms with Crippen molar-refractivity contribution in [3.05, 3.63) is 36.6 Å². The summed E-state index contributed by atoms with van der Waals surface area (Å²) in [6, 6.07) is 3.84. The molecule has 1 aliphatic rings. The number of hydrogen-bond acceptors (Lipinski definition) is 5. The number of nitriles is 1. The van der Waals surface area contributed by atoms with E-state index in [0.717, 1.165) is 31.2 Å². The van der Waals surface area contributed by atoms with Crippen LogP contribution in [0.4, 0.5) is 5.00 Å². The Balaban J connectivity index is 2.02. The second-order valence-corrected chi connectivity index (χ2v) is 7.95. The molecule has 1 heterocycles. The largest absolute Gasteiger partial charge is 0.506 e. The first-order chi connectivity index (χ1) is 11.0. The summed E-state index contributed by atoms with van der Waals surface area (Å²) in [7, 11) is 0. The number of rotatable bonds is 2. The number of thiophene rings is 1. The van der Waals surface area contributed by atoms with Crippen LogP contribution in [0.25, 0.3) is 0 Å². The van der Waals surface area contributed by atoms with Crippen LogP contribution in [-0.2, 0) is 12.8 Å². The van der Waals surface area contributed by atoms with Gasteiger partial charge in [-0.15, -0.1) is 11.3 Å². The highest BCUT2D eigenvalue weighted by molar-refractivity contribution is 9.11. The van der Waals surface area contributed by atoms with Gasteiger partial charge in [-0.3, -0.25) is 0 Å². The van der Waals surface area contributed by atoms with Gasteiger partial charge in [-0.1, -0.05) is 0 Å². The first kappa shape index (κ1) is 16.5. The molecule has 0 atom stereocenters. The van der Waals surface area contributed by atoms with Crippen LogP contribution < -0.4 is 0 Å². The Labute approximate surface area is 154 Å². The van der Waals surface area contributed by atoms with Gasteiger partial charge in [0, 0.05) is 16.7 Å². The minimum absolute atomic E-state index is 0.0658. The highest BCUT2D eigenvalue weighted by atomic mass is 79.9. The third kappa shape index (κ3) is 3.03. The smallest absolute Gasteiger partial charge is 0.147 e. The molecule has 3 rings (SSSR count). The lowest BCUT2D eigenvalue weighted by Crippen LogP contribution is -1.99. The Morgan fingerprint density at radius 2 is 1.96 bits per heavy atom. The zero-order chi connectivity index (χ0) is 16.6. The molecule has 2 aromatic rings. The van der Waals surface area contributed by atoms with E-state index in [4.69, 9.17) is 0 Å². The lowest BCUT2D eigenvalue weighted by molar-refractivity contribution is 0.442. The van der Waals surface area contributed by atoms with Crippen LogP contribution in [0.15, 0.2) is 20.0 Å². The van der Waals surface area contributed by atoms with E-state index in [2.05, 4.69) is 42.9 Å². The van der Waals surface area contributed by atoms with Gasteiger partial charge in [0.25, 0.3) is 0 Å². The summed E-state index contributed by atoms with van der Waals surface area (Å²) in [6.45, 7) is 0. The molecule has 0 amide bonds. The molecule has 0 radical (unpaired) electrons. The van der Waals surface area contributed by atoms with Crippen LogP contribution >= 0.6 is 43.2 Å². The SMILES string of the molecule is N#Cc1c(/N=C/c2cc(Br)c(O)c(Br)c2O)sc2c1CCCC2. The quantitative estimate of drug-likeness (QED) is 0.612. The average Bonchev–Trinajstić information content (AvgIpc) is 2.92. The monoisotopic (exact) mass is 454 g/mol. The summed E-state index contributed by atoms with van der Waals surface area (Å²) < 4.78 is 0.661. The Morgan fingerprint density at radius 3 is 2.70 bits per heavy atom. The number of halogens is 2. The summed E-state index contributed by atoms with van der Waals surface area (Å²) in [6.07, 6.45) is 5.72. The second kappa shape index (κ2) is 6.63. The van der Waals surface area contributed by atoms with Crippen molar-refractivity contribution in [2.45, 2.75) is 25.7 Å². The number of phenols is 2. The zero-order valence-corrected chi connectivity index (χ0v) is 15.9. The topological polar surface area (TPSA) is 76.6 Å². The predicted molar refractivity (Wildman–Crippen MR) is 98.1 cm³/mol. The third-order valence-electron chi connectivity index (χ3n) is 3.78. The summed E-state index contributed by atoms with van der Waals surface area (Å²) in [4.78, 5) is 5.66. The summed E-state index contributed by atoms with van der Waals surface area (Å²) in [5.74, 6) is -0.154. The first-order valence-corrected chi connectivity index (χ1v) is 9.41. The fraction of sp³-hybridized carbons (Fsp3) is 0.250. The van der Waals surface area contributed by atoms with Gasteiger partial charge in [-0.05, 0) is 69.2 Å². The highest BCUT2D eigenvalue weighted by Crippen LogP contribution is 2.42. The summed E-state index contributed by atoms with van der Waals surface area (Å²) >= 11 is 7.92. The number of aliphatic imine (C=N–C) groups is 1. The number of benzene rings is 1. The van der Waals surface area contributed by atoms with E-state index >= 15 is 0 Å². The van der Waals surface area contributed by atoms with Crippen molar-refractivity contribution < 1.29 is 10.2 Å². The van der Waals surface area contributed by atoms with Crippen molar-refractivity contribution in [3.8, 4) is 17.6 Å². The van der Waals surface area contributed by atoms with Gasteiger partial charge in [-0.2, -0.15) is 5.26 Å². The molecule has 4 nitrogen and oxygen atoms in total. The number of fused-ring (bicyclic) bond motifs is 1. The minimum Gasteiger partial charge on any atom is -0.506 e. The molecule has 118 valence electrons. The van der Waals surface area contributed by atoms with Gasteiger partial charge in [0.15, 0.2) is 0 Å².